The lowest BCUT2D eigenvalue weighted by Crippen LogP contribution is -2.49. The molecule has 1 N–H and O–H groups in total. The van der Waals surface area contributed by atoms with Gasteiger partial charge in [-0.25, -0.2) is 4.79 Å². The van der Waals surface area contributed by atoms with Gasteiger partial charge < -0.3 is 15.0 Å². The molecule has 2 aliphatic heterocycles. The summed E-state index contributed by atoms with van der Waals surface area (Å²) in [4.78, 5) is 16.8. The van der Waals surface area contributed by atoms with Crippen LogP contribution in [0.15, 0.2) is 30.3 Å². The van der Waals surface area contributed by atoms with Crippen molar-refractivity contribution in [2.75, 3.05) is 45.9 Å². The van der Waals surface area contributed by atoms with Crippen LogP contribution in [0.1, 0.15) is 31.4 Å². The van der Waals surface area contributed by atoms with Crippen LogP contribution in [0.25, 0.3) is 0 Å². The molecule has 5 nitrogen and oxygen atoms in total. The van der Waals surface area contributed by atoms with Crippen molar-refractivity contribution < 1.29 is 9.53 Å². The predicted octanol–water partition coefficient (Wildman–Crippen LogP) is 2.50. The first-order valence-electron chi connectivity index (χ1n) is 9.13. The van der Waals surface area contributed by atoms with Gasteiger partial charge in [-0.3, -0.25) is 4.90 Å². The highest BCUT2D eigenvalue weighted by atomic mass is 16.5. The van der Waals surface area contributed by atoms with Crippen LogP contribution in [0.4, 0.5) is 4.79 Å². The Kier molecular flexibility index (Phi) is 6.10. The minimum Gasteiger partial charge on any atom is -0.378 e. The summed E-state index contributed by atoms with van der Waals surface area (Å²) in [6.45, 7) is 7.84. The number of nitrogens with one attached hydrogen (secondary N) is 1. The maximum atomic E-state index is 12.4. The van der Waals surface area contributed by atoms with Gasteiger partial charge in [-0.1, -0.05) is 37.3 Å². The van der Waals surface area contributed by atoms with Crippen LogP contribution >= 0.6 is 0 Å². The van der Waals surface area contributed by atoms with Crippen molar-refractivity contribution in [1.82, 2.24) is 15.1 Å². The van der Waals surface area contributed by atoms with Gasteiger partial charge in [0.2, 0.25) is 0 Å². The van der Waals surface area contributed by atoms with Gasteiger partial charge in [0.25, 0.3) is 0 Å². The highest BCUT2D eigenvalue weighted by Gasteiger charge is 2.26. The Bertz CT molecular complexity index is 509. The molecule has 3 rings (SSSR count). The van der Waals surface area contributed by atoms with Crippen molar-refractivity contribution in [2.45, 2.75) is 25.8 Å². The van der Waals surface area contributed by atoms with Crippen molar-refractivity contribution in [3.05, 3.63) is 35.9 Å². The molecule has 132 valence electrons. The Morgan fingerprint density at radius 1 is 1.17 bits per heavy atom. The van der Waals surface area contributed by atoms with E-state index in [1.807, 2.05) is 11.0 Å². The Morgan fingerprint density at radius 3 is 2.50 bits per heavy atom. The fourth-order valence-electron chi connectivity index (χ4n) is 3.54. The summed E-state index contributed by atoms with van der Waals surface area (Å²) >= 11 is 0. The SMILES string of the molecule is CC1CCN(C(CNC(=O)N2CCOCC2)c2ccccc2)CC1. The van der Waals surface area contributed by atoms with Gasteiger partial charge in [0, 0.05) is 19.6 Å². The highest BCUT2D eigenvalue weighted by molar-refractivity contribution is 5.74. The molecule has 2 aliphatic rings. The van der Waals surface area contributed by atoms with E-state index in [2.05, 4.69) is 41.4 Å². The van der Waals surface area contributed by atoms with Gasteiger partial charge in [-0.2, -0.15) is 0 Å². The van der Waals surface area contributed by atoms with E-state index in [0.717, 1.165) is 19.0 Å². The molecule has 0 bridgehead atoms. The first kappa shape index (κ1) is 17.2. The van der Waals surface area contributed by atoms with Crippen LogP contribution < -0.4 is 5.32 Å². The van der Waals surface area contributed by atoms with Crippen LogP contribution in [0.5, 0.6) is 0 Å². The minimum atomic E-state index is 0.0320. The second-order valence-corrected chi connectivity index (χ2v) is 6.93. The third kappa shape index (κ3) is 4.48. The molecule has 2 saturated heterocycles. The van der Waals surface area contributed by atoms with E-state index < -0.39 is 0 Å². The lowest BCUT2D eigenvalue weighted by Gasteiger charge is -2.37. The highest BCUT2D eigenvalue weighted by Crippen LogP contribution is 2.26. The molecule has 0 radical (unpaired) electrons. The Morgan fingerprint density at radius 2 is 1.83 bits per heavy atom. The van der Waals surface area contributed by atoms with Crippen molar-refractivity contribution >= 4 is 6.03 Å². The fourth-order valence-corrected chi connectivity index (χ4v) is 3.54. The molecule has 2 heterocycles. The van der Waals surface area contributed by atoms with E-state index in [1.54, 1.807) is 0 Å². The molecule has 1 aromatic rings. The minimum absolute atomic E-state index is 0.0320. The molecule has 0 aliphatic carbocycles. The lowest BCUT2D eigenvalue weighted by molar-refractivity contribution is 0.0522. The first-order chi connectivity index (χ1) is 11.7. The molecule has 0 aromatic heterocycles. The van der Waals surface area contributed by atoms with Crippen molar-refractivity contribution in [2.24, 2.45) is 5.92 Å². The van der Waals surface area contributed by atoms with Gasteiger partial charge in [-0.05, 0) is 37.4 Å². The number of piperidine rings is 1. The van der Waals surface area contributed by atoms with E-state index in [9.17, 15) is 4.79 Å². The van der Waals surface area contributed by atoms with Crippen LogP contribution in [-0.4, -0.2) is 61.8 Å². The molecular formula is C19H29N3O2. The van der Waals surface area contributed by atoms with Crippen LogP contribution in [-0.2, 0) is 4.74 Å². The molecule has 0 spiro atoms. The Labute approximate surface area is 145 Å². The average molecular weight is 331 g/mol. The Balaban J connectivity index is 1.62. The summed E-state index contributed by atoms with van der Waals surface area (Å²) in [5, 5.41) is 3.15. The largest absolute Gasteiger partial charge is 0.378 e. The molecule has 1 atom stereocenters. The van der Waals surface area contributed by atoms with Gasteiger partial charge in [0.05, 0.1) is 19.3 Å². The molecule has 24 heavy (non-hydrogen) atoms. The summed E-state index contributed by atoms with van der Waals surface area (Å²) in [6, 6.07) is 10.8. The second-order valence-electron chi connectivity index (χ2n) is 6.93. The van der Waals surface area contributed by atoms with Gasteiger partial charge in [0.15, 0.2) is 0 Å². The number of likely N-dealkylation sites (tertiary alicyclic amines) is 1. The summed E-state index contributed by atoms with van der Waals surface area (Å²) in [7, 11) is 0. The number of carbonyl (C=O) groups excluding carboxylic acids is 1. The zero-order valence-corrected chi connectivity index (χ0v) is 14.6. The molecule has 0 saturated carbocycles. The van der Waals surface area contributed by atoms with E-state index in [-0.39, 0.29) is 12.1 Å². The molecule has 1 aromatic carbocycles. The quantitative estimate of drug-likeness (QED) is 0.922. The fraction of sp³-hybridized carbons (Fsp3) is 0.632. The number of nitrogens with zero attached hydrogens (tertiary/aromatic N) is 2. The number of benzene rings is 1. The molecule has 1 unspecified atom stereocenters. The zero-order valence-electron chi connectivity index (χ0n) is 14.6. The molecule has 5 heteroatoms. The predicted molar refractivity (Wildman–Crippen MR) is 94.9 cm³/mol. The summed E-state index contributed by atoms with van der Waals surface area (Å²) in [5.74, 6) is 0.806. The van der Waals surface area contributed by atoms with E-state index in [0.29, 0.717) is 32.8 Å². The number of ether oxygens (including phenoxy) is 1. The van der Waals surface area contributed by atoms with E-state index >= 15 is 0 Å². The third-order valence-electron chi connectivity index (χ3n) is 5.19. The number of urea groups is 1. The number of hydrogen-bond donors (Lipinski definition) is 1. The molecular weight excluding hydrogens is 302 g/mol. The topological polar surface area (TPSA) is 44.8 Å². The number of rotatable bonds is 4. The summed E-state index contributed by atoms with van der Waals surface area (Å²) < 4.78 is 5.32. The molecule has 2 amide bonds. The smallest absolute Gasteiger partial charge is 0.317 e. The van der Waals surface area contributed by atoms with Gasteiger partial charge in [-0.15, -0.1) is 0 Å². The maximum Gasteiger partial charge on any atom is 0.317 e. The van der Waals surface area contributed by atoms with E-state index in [4.69, 9.17) is 4.74 Å². The number of carbonyl (C=O) groups is 1. The van der Waals surface area contributed by atoms with Crippen LogP contribution in [0.3, 0.4) is 0 Å². The van der Waals surface area contributed by atoms with Gasteiger partial charge in [0.1, 0.15) is 0 Å². The standard InChI is InChI=1S/C19H29N3O2/c1-16-7-9-21(10-8-16)18(17-5-3-2-4-6-17)15-20-19(23)22-11-13-24-14-12-22/h2-6,16,18H,7-15H2,1H3,(H,20,23). The summed E-state index contributed by atoms with van der Waals surface area (Å²) in [5.41, 5.74) is 1.29. The lowest BCUT2D eigenvalue weighted by atomic mass is 9.95. The maximum absolute atomic E-state index is 12.4. The van der Waals surface area contributed by atoms with Crippen molar-refractivity contribution in [3.63, 3.8) is 0 Å². The van der Waals surface area contributed by atoms with E-state index in [1.165, 1.54) is 18.4 Å². The Hall–Kier alpha value is -1.59. The average Bonchev–Trinajstić information content (AvgIpc) is 2.65. The first-order valence-corrected chi connectivity index (χ1v) is 9.13. The van der Waals surface area contributed by atoms with Crippen molar-refractivity contribution in [1.29, 1.82) is 0 Å². The number of morpholine rings is 1. The van der Waals surface area contributed by atoms with Crippen molar-refractivity contribution in [3.8, 4) is 0 Å². The van der Waals surface area contributed by atoms with Crippen LogP contribution in [0, 0.1) is 5.92 Å². The third-order valence-corrected chi connectivity index (χ3v) is 5.19. The van der Waals surface area contributed by atoms with Gasteiger partial charge >= 0.3 is 6.03 Å². The molecule has 2 fully saturated rings. The summed E-state index contributed by atoms with van der Waals surface area (Å²) in [6.07, 6.45) is 2.47. The normalized spacial score (nSPS) is 21.5. The number of amides is 2. The van der Waals surface area contributed by atoms with Crippen LogP contribution in [0.2, 0.25) is 0 Å². The number of hydrogen-bond acceptors (Lipinski definition) is 3. The zero-order chi connectivity index (χ0) is 16.8. The second kappa shape index (κ2) is 8.49. The monoisotopic (exact) mass is 331 g/mol.